The van der Waals surface area contributed by atoms with Gasteiger partial charge < -0.3 is 9.80 Å². The van der Waals surface area contributed by atoms with Crippen LogP contribution in [-0.4, -0.2) is 45.7 Å². The van der Waals surface area contributed by atoms with Crippen molar-refractivity contribution in [2.24, 2.45) is 0 Å². The van der Waals surface area contributed by atoms with Gasteiger partial charge in [0, 0.05) is 31.7 Å². The SMILES string of the molecule is O=C(c1cccc2ccccc12)N1CCN(c2cnsn2)CC1. The molecule has 3 aromatic rings. The van der Waals surface area contributed by atoms with E-state index in [1.165, 1.54) is 11.7 Å². The Balaban J connectivity index is 1.54. The molecule has 1 amide bonds. The van der Waals surface area contributed by atoms with E-state index >= 15 is 0 Å². The Hall–Kier alpha value is -2.47. The van der Waals surface area contributed by atoms with Gasteiger partial charge in [0.25, 0.3) is 5.91 Å². The van der Waals surface area contributed by atoms with Crippen LogP contribution in [0.15, 0.2) is 48.7 Å². The Morgan fingerprint density at radius 1 is 1.00 bits per heavy atom. The largest absolute Gasteiger partial charge is 0.351 e. The summed E-state index contributed by atoms with van der Waals surface area (Å²) in [6.07, 6.45) is 1.78. The number of aromatic nitrogens is 2. The number of carbonyl (C=O) groups is 1. The predicted molar refractivity (Wildman–Crippen MR) is 92.0 cm³/mol. The molecule has 116 valence electrons. The Kier molecular flexibility index (Phi) is 3.67. The molecule has 1 saturated heterocycles. The summed E-state index contributed by atoms with van der Waals surface area (Å²) in [6, 6.07) is 13.9. The minimum absolute atomic E-state index is 0.109. The number of piperazine rings is 1. The molecule has 2 aromatic carbocycles. The van der Waals surface area contributed by atoms with E-state index in [1.54, 1.807) is 6.20 Å². The maximum absolute atomic E-state index is 12.9. The molecule has 1 fully saturated rings. The molecular formula is C17H16N4OS. The third-order valence-corrected chi connectivity index (χ3v) is 4.73. The standard InChI is InChI=1S/C17H16N4OS/c22-17(15-7-3-5-13-4-1-2-6-14(13)15)21-10-8-20(9-11-21)16-12-18-23-19-16/h1-7,12H,8-11H2. The van der Waals surface area contributed by atoms with Crippen molar-refractivity contribution in [3.8, 4) is 0 Å². The lowest BCUT2D eigenvalue weighted by molar-refractivity contribution is 0.0748. The zero-order valence-electron chi connectivity index (χ0n) is 12.6. The summed E-state index contributed by atoms with van der Waals surface area (Å²) in [5, 5.41) is 2.12. The van der Waals surface area contributed by atoms with Gasteiger partial charge in [-0.25, -0.2) is 0 Å². The van der Waals surface area contributed by atoms with Crippen LogP contribution in [0.2, 0.25) is 0 Å². The fraction of sp³-hybridized carbons (Fsp3) is 0.235. The summed E-state index contributed by atoms with van der Waals surface area (Å²) in [5.74, 6) is 1.02. The van der Waals surface area contributed by atoms with Crippen LogP contribution in [0.25, 0.3) is 10.8 Å². The summed E-state index contributed by atoms with van der Waals surface area (Å²) >= 11 is 1.22. The van der Waals surface area contributed by atoms with Crippen molar-refractivity contribution in [1.29, 1.82) is 0 Å². The first-order chi connectivity index (χ1) is 11.3. The van der Waals surface area contributed by atoms with Crippen LogP contribution in [0.4, 0.5) is 5.82 Å². The molecular weight excluding hydrogens is 308 g/mol. The van der Waals surface area contributed by atoms with E-state index in [2.05, 4.69) is 13.6 Å². The monoisotopic (exact) mass is 324 g/mol. The van der Waals surface area contributed by atoms with Crippen molar-refractivity contribution < 1.29 is 4.79 Å². The summed E-state index contributed by atoms with van der Waals surface area (Å²) in [4.78, 5) is 17.0. The van der Waals surface area contributed by atoms with Gasteiger partial charge in [0.15, 0.2) is 5.82 Å². The number of fused-ring (bicyclic) bond motifs is 1. The second-order valence-corrected chi connectivity index (χ2v) is 6.13. The fourth-order valence-electron chi connectivity index (χ4n) is 3.02. The van der Waals surface area contributed by atoms with Crippen LogP contribution in [0.3, 0.4) is 0 Å². The summed E-state index contributed by atoms with van der Waals surface area (Å²) < 4.78 is 8.30. The molecule has 5 nitrogen and oxygen atoms in total. The van der Waals surface area contributed by atoms with Crippen molar-refractivity contribution in [2.75, 3.05) is 31.1 Å². The van der Waals surface area contributed by atoms with Crippen LogP contribution in [0, 0.1) is 0 Å². The number of carbonyl (C=O) groups excluding carboxylic acids is 1. The average Bonchev–Trinajstić information content (AvgIpc) is 3.15. The maximum Gasteiger partial charge on any atom is 0.254 e. The quantitative estimate of drug-likeness (QED) is 0.727. The van der Waals surface area contributed by atoms with E-state index < -0.39 is 0 Å². The highest BCUT2D eigenvalue weighted by molar-refractivity contribution is 6.99. The van der Waals surface area contributed by atoms with Crippen molar-refractivity contribution in [1.82, 2.24) is 13.6 Å². The Morgan fingerprint density at radius 3 is 2.57 bits per heavy atom. The first kappa shape index (κ1) is 14.1. The maximum atomic E-state index is 12.9. The van der Waals surface area contributed by atoms with Crippen molar-refractivity contribution >= 4 is 34.2 Å². The van der Waals surface area contributed by atoms with E-state index in [0.717, 1.165) is 35.2 Å². The summed E-state index contributed by atoms with van der Waals surface area (Å²) in [7, 11) is 0. The molecule has 0 N–H and O–H groups in total. The Bertz CT molecular complexity index is 820. The lowest BCUT2D eigenvalue weighted by Gasteiger charge is -2.34. The smallest absolute Gasteiger partial charge is 0.254 e. The predicted octanol–water partition coefficient (Wildman–Crippen LogP) is 2.65. The highest BCUT2D eigenvalue weighted by Crippen LogP contribution is 2.21. The number of amides is 1. The molecule has 0 saturated carbocycles. The first-order valence-electron chi connectivity index (χ1n) is 7.62. The Labute approximate surface area is 138 Å². The van der Waals surface area contributed by atoms with Gasteiger partial charge in [0.1, 0.15) is 0 Å². The molecule has 6 heteroatoms. The second-order valence-electron chi connectivity index (χ2n) is 5.57. The van der Waals surface area contributed by atoms with E-state index in [-0.39, 0.29) is 5.91 Å². The normalized spacial score (nSPS) is 15.1. The second kappa shape index (κ2) is 5.96. The molecule has 0 unspecified atom stereocenters. The molecule has 4 rings (SSSR count). The molecule has 0 radical (unpaired) electrons. The lowest BCUT2D eigenvalue weighted by Crippen LogP contribution is -2.49. The molecule has 23 heavy (non-hydrogen) atoms. The zero-order valence-corrected chi connectivity index (χ0v) is 13.4. The fourth-order valence-corrected chi connectivity index (χ4v) is 3.45. The zero-order chi connectivity index (χ0) is 15.6. The third kappa shape index (κ3) is 2.66. The molecule has 2 heterocycles. The van der Waals surface area contributed by atoms with Crippen LogP contribution >= 0.6 is 11.7 Å². The van der Waals surface area contributed by atoms with Crippen LogP contribution < -0.4 is 4.90 Å². The number of benzene rings is 2. The summed E-state index contributed by atoms with van der Waals surface area (Å²) in [5.41, 5.74) is 0.784. The molecule has 1 aliphatic rings. The van der Waals surface area contributed by atoms with E-state index in [1.807, 2.05) is 47.4 Å². The summed E-state index contributed by atoms with van der Waals surface area (Å²) in [6.45, 7) is 3.00. The molecule has 1 aliphatic heterocycles. The third-order valence-electron chi connectivity index (χ3n) is 4.26. The van der Waals surface area contributed by atoms with Gasteiger partial charge in [-0.3, -0.25) is 4.79 Å². The van der Waals surface area contributed by atoms with Gasteiger partial charge in [0.05, 0.1) is 17.9 Å². The van der Waals surface area contributed by atoms with E-state index in [9.17, 15) is 4.79 Å². The molecule has 0 bridgehead atoms. The van der Waals surface area contributed by atoms with E-state index in [4.69, 9.17) is 0 Å². The average molecular weight is 324 g/mol. The topological polar surface area (TPSA) is 49.3 Å². The minimum Gasteiger partial charge on any atom is -0.351 e. The van der Waals surface area contributed by atoms with Crippen LogP contribution in [0.5, 0.6) is 0 Å². The lowest BCUT2D eigenvalue weighted by atomic mass is 10.0. The number of hydrogen-bond donors (Lipinski definition) is 0. The molecule has 0 spiro atoms. The van der Waals surface area contributed by atoms with Crippen LogP contribution in [-0.2, 0) is 0 Å². The number of hydrogen-bond acceptors (Lipinski definition) is 5. The van der Waals surface area contributed by atoms with Gasteiger partial charge in [-0.05, 0) is 16.8 Å². The van der Waals surface area contributed by atoms with Gasteiger partial charge in [-0.15, -0.1) is 0 Å². The minimum atomic E-state index is 0.109. The van der Waals surface area contributed by atoms with Crippen molar-refractivity contribution in [3.63, 3.8) is 0 Å². The van der Waals surface area contributed by atoms with Gasteiger partial charge >= 0.3 is 0 Å². The van der Waals surface area contributed by atoms with Gasteiger partial charge in [-0.1, -0.05) is 36.4 Å². The van der Waals surface area contributed by atoms with E-state index in [0.29, 0.717) is 13.1 Å². The molecule has 0 aliphatic carbocycles. The first-order valence-corrected chi connectivity index (χ1v) is 8.35. The highest BCUT2D eigenvalue weighted by atomic mass is 32.1. The van der Waals surface area contributed by atoms with Crippen molar-refractivity contribution in [2.45, 2.75) is 0 Å². The number of nitrogens with zero attached hydrogens (tertiary/aromatic N) is 4. The van der Waals surface area contributed by atoms with Gasteiger partial charge in [-0.2, -0.15) is 8.75 Å². The van der Waals surface area contributed by atoms with Crippen molar-refractivity contribution in [3.05, 3.63) is 54.2 Å². The van der Waals surface area contributed by atoms with Crippen LogP contribution in [0.1, 0.15) is 10.4 Å². The Morgan fingerprint density at radius 2 is 1.78 bits per heavy atom. The highest BCUT2D eigenvalue weighted by Gasteiger charge is 2.24. The number of rotatable bonds is 2. The molecule has 0 atom stereocenters. The molecule has 1 aromatic heterocycles. The number of anilines is 1. The van der Waals surface area contributed by atoms with Gasteiger partial charge in [0.2, 0.25) is 0 Å².